The van der Waals surface area contributed by atoms with Crippen molar-refractivity contribution in [1.29, 1.82) is 0 Å². The zero-order valence-electron chi connectivity index (χ0n) is 25.7. The van der Waals surface area contributed by atoms with Crippen molar-refractivity contribution in [1.82, 2.24) is 0 Å². The van der Waals surface area contributed by atoms with Gasteiger partial charge < -0.3 is 8.83 Å². The van der Waals surface area contributed by atoms with E-state index in [4.69, 9.17) is 8.83 Å². The quantitative estimate of drug-likeness (QED) is 0.180. The highest BCUT2D eigenvalue weighted by molar-refractivity contribution is 6.11. The highest BCUT2D eigenvalue weighted by Crippen LogP contribution is 2.39. The van der Waals surface area contributed by atoms with Crippen molar-refractivity contribution in [3.05, 3.63) is 180 Å². The summed E-state index contributed by atoms with van der Waals surface area (Å²) in [4.78, 5) is 0. The number of rotatable bonds is 6. The van der Waals surface area contributed by atoms with Gasteiger partial charge in [-0.05, 0) is 81.8 Å². The van der Waals surface area contributed by atoms with Crippen molar-refractivity contribution in [2.45, 2.75) is 13.3 Å². The molecule has 0 saturated carbocycles. The summed E-state index contributed by atoms with van der Waals surface area (Å²) in [6, 6.07) is 40.4. The zero-order chi connectivity index (χ0) is 31.0. The van der Waals surface area contributed by atoms with Gasteiger partial charge in [-0.15, -0.1) is 0 Å². The van der Waals surface area contributed by atoms with E-state index in [1.165, 1.54) is 27.8 Å². The van der Waals surface area contributed by atoms with Gasteiger partial charge in [-0.1, -0.05) is 122 Å². The smallest absolute Gasteiger partial charge is 0.139 e. The molecule has 0 spiro atoms. The number of fused-ring (bicyclic) bond motifs is 6. The van der Waals surface area contributed by atoms with Gasteiger partial charge in [-0.3, -0.25) is 0 Å². The van der Waals surface area contributed by atoms with Crippen LogP contribution in [0.25, 0.3) is 66.8 Å². The summed E-state index contributed by atoms with van der Waals surface area (Å²) in [5.74, 6) is 0.952. The molecule has 1 aliphatic rings. The summed E-state index contributed by atoms with van der Waals surface area (Å²) in [6.07, 6.45) is 13.5. The predicted octanol–water partition coefficient (Wildman–Crippen LogP) is 12.4. The second-order valence-corrected chi connectivity index (χ2v) is 11.8. The van der Waals surface area contributed by atoms with Gasteiger partial charge in [0.05, 0.1) is 0 Å². The second kappa shape index (κ2) is 11.6. The van der Waals surface area contributed by atoms with Gasteiger partial charge >= 0.3 is 0 Å². The molecule has 2 nitrogen and oxygen atoms in total. The molecule has 0 radical (unpaired) electrons. The molecule has 8 rings (SSSR count). The lowest BCUT2D eigenvalue weighted by Gasteiger charge is -2.06. The van der Waals surface area contributed by atoms with Crippen molar-refractivity contribution in [3.8, 4) is 22.3 Å². The molecule has 0 atom stereocenters. The summed E-state index contributed by atoms with van der Waals surface area (Å²) in [5.41, 5.74) is 12.8. The molecule has 2 aromatic heterocycles. The number of furan rings is 2. The van der Waals surface area contributed by atoms with Gasteiger partial charge in [-0.2, -0.15) is 0 Å². The van der Waals surface area contributed by atoms with E-state index in [-0.39, 0.29) is 0 Å². The zero-order valence-corrected chi connectivity index (χ0v) is 25.7. The van der Waals surface area contributed by atoms with Crippen LogP contribution in [0.3, 0.4) is 0 Å². The molecule has 46 heavy (non-hydrogen) atoms. The first kappa shape index (κ1) is 27.7. The Bertz CT molecular complexity index is 2390. The Labute approximate surface area is 268 Å². The van der Waals surface area contributed by atoms with E-state index in [1.54, 1.807) is 0 Å². The standard InChI is InChI=1S/C44H32O2/c1-29(31-14-5-3-6-15-31)12-9-13-30(2)33-18-11-21-41-37(25-33)39-27-40-38-26-36(22-23-42(38)46-44(40)28-43(39)45-41)35-20-10-19-34(24-35)32-16-7-4-8-17-32/h3-20,22-28H,2,21H2,1H3/b13-9-,29-12+. The fraction of sp³-hybridized carbons (Fsp3) is 0.0455. The van der Waals surface area contributed by atoms with Gasteiger partial charge in [0.1, 0.15) is 22.5 Å². The maximum atomic E-state index is 6.40. The molecule has 7 aromatic rings. The molecule has 0 fully saturated rings. The largest absolute Gasteiger partial charge is 0.460 e. The van der Waals surface area contributed by atoms with Crippen LogP contribution in [-0.4, -0.2) is 0 Å². The lowest BCUT2D eigenvalue weighted by atomic mass is 9.97. The van der Waals surface area contributed by atoms with Gasteiger partial charge in [0.25, 0.3) is 0 Å². The van der Waals surface area contributed by atoms with Gasteiger partial charge in [-0.25, -0.2) is 0 Å². The number of hydrogen-bond donors (Lipinski definition) is 0. The topological polar surface area (TPSA) is 26.3 Å². The molecule has 0 aliphatic heterocycles. The molecule has 2 heterocycles. The van der Waals surface area contributed by atoms with E-state index in [9.17, 15) is 0 Å². The molecule has 1 aliphatic carbocycles. The molecular weight excluding hydrogens is 560 g/mol. The Morgan fingerprint density at radius 2 is 1.35 bits per heavy atom. The molecule has 0 unspecified atom stereocenters. The van der Waals surface area contributed by atoms with Crippen LogP contribution in [0.4, 0.5) is 0 Å². The second-order valence-electron chi connectivity index (χ2n) is 11.8. The molecule has 0 N–H and O–H groups in total. The van der Waals surface area contributed by atoms with Crippen LogP contribution >= 0.6 is 0 Å². The van der Waals surface area contributed by atoms with Crippen molar-refractivity contribution in [3.63, 3.8) is 0 Å². The van der Waals surface area contributed by atoms with E-state index >= 15 is 0 Å². The summed E-state index contributed by atoms with van der Waals surface area (Å²) in [6.45, 7) is 6.52. The first-order chi connectivity index (χ1) is 22.6. The maximum Gasteiger partial charge on any atom is 0.139 e. The Morgan fingerprint density at radius 3 is 2.17 bits per heavy atom. The Kier molecular flexibility index (Phi) is 6.96. The van der Waals surface area contributed by atoms with Crippen molar-refractivity contribution in [2.75, 3.05) is 0 Å². The van der Waals surface area contributed by atoms with Crippen molar-refractivity contribution < 1.29 is 8.83 Å². The predicted molar refractivity (Wildman–Crippen MR) is 194 cm³/mol. The summed E-state index contributed by atoms with van der Waals surface area (Å²) in [7, 11) is 0. The summed E-state index contributed by atoms with van der Waals surface area (Å²) >= 11 is 0. The van der Waals surface area contributed by atoms with Crippen LogP contribution in [0.1, 0.15) is 23.8 Å². The van der Waals surface area contributed by atoms with Crippen LogP contribution in [0, 0.1) is 0 Å². The van der Waals surface area contributed by atoms with E-state index in [2.05, 4.69) is 147 Å². The number of hydrogen-bond acceptors (Lipinski definition) is 2. The number of allylic oxidation sites excluding steroid dienone is 8. The van der Waals surface area contributed by atoms with Gasteiger partial charge in [0.15, 0.2) is 0 Å². The average Bonchev–Trinajstić information content (AvgIpc) is 3.54. The molecule has 2 heteroatoms. The molecular formula is C44H32O2. The molecule has 220 valence electrons. The molecule has 0 saturated heterocycles. The van der Waals surface area contributed by atoms with E-state index < -0.39 is 0 Å². The fourth-order valence-electron chi connectivity index (χ4n) is 6.33. The van der Waals surface area contributed by atoms with Gasteiger partial charge in [0, 0.05) is 34.2 Å². The summed E-state index contributed by atoms with van der Waals surface area (Å²) in [5, 5.41) is 3.26. The van der Waals surface area contributed by atoms with E-state index in [1.807, 2.05) is 18.2 Å². The first-order valence-corrected chi connectivity index (χ1v) is 15.7. The van der Waals surface area contributed by atoms with Crippen LogP contribution < -0.4 is 0 Å². The average molecular weight is 593 g/mol. The molecule has 0 amide bonds. The first-order valence-electron chi connectivity index (χ1n) is 15.7. The van der Waals surface area contributed by atoms with Crippen molar-refractivity contribution in [2.24, 2.45) is 0 Å². The lowest BCUT2D eigenvalue weighted by Crippen LogP contribution is -1.82. The third kappa shape index (κ3) is 5.14. The van der Waals surface area contributed by atoms with Crippen LogP contribution in [0.2, 0.25) is 0 Å². The van der Waals surface area contributed by atoms with Crippen LogP contribution in [0.5, 0.6) is 0 Å². The molecule has 5 aromatic carbocycles. The highest BCUT2D eigenvalue weighted by atomic mass is 16.3. The van der Waals surface area contributed by atoms with Crippen LogP contribution in [-0.2, 0) is 6.42 Å². The normalized spacial score (nSPS) is 13.4. The highest BCUT2D eigenvalue weighted by Gasteiger charge is 2.18. The summed E-state index contributed by atoms with van der Waals surface area (Å²) < 4.78 is 12.7. The molecule has 0 bridgehead atoms. The number of benzene rings is 5. The lowest BCUT2D eigenvalue weighted by molar-refractivity contribution is 0.564. The third-order valence-corrected chi connectivity index (χ3v) is 8.84. The fourth-order valence-corrected chi connectivity index (χ4v) is 6.33. The van der Waals surface area contributed by atoms with Crippen molar-refractivity contribution >= 4 is 44.6 Å². The Hall–Kier alpha value is -5.86. The SMILES string of the molecule is C=C(/C=C\C=C(/C)c1ccccc1)C1=Cc2c(oc3cc4oc5ccc(-c6cccc(-c7ccccc7)c6)cc5c4cc23)CC=C1. The van der Waals surface area contributed by atoms with Crippen LogP contribution in [0.15, 0.2) is 172 Å². The minimum Gasteiger partial charge on any atom is -0.460 e. The Balaban J connectivity index is 1.16. The minimum absolute atomic E-state index is 0.720. The van der Waals surface area contributed by atoms with Gasteiger partial charge in [0.2, 0.25) is 0 Å². The Morgan fingerprint density at radius 1 is 0.652 bits per heavy atom. The monoisotopic (exact) mass is 592 g/mol. The third-order valence-electron chi connectivity index (χ3n) is 8.84. The minimum atomic E-state index is 0.720. The van der Waals surface area contributed by atoms with E-state index in [0.717, 1.165) is 67.4 Å². The maximum absolute atomic E-state index is 6.40. The van der Waals surface area contributed by atoms with E-state index in [0.29, 0.717) is 0 Å².